The fourth-order valence-electron chi connectivity index (χ4n) is 4.67. The van der Waals surface area contributed by atoms with E-state index in [1.54, 1.807) is 6.33 Å². The molecule has 9 nitrogen and oxygen atoms in total. The first-order valence-electron chi connectivity index (χ1n) is 12.6. The quantitative estimate of drug-likeness (QED) is 0.374. The van der Waals surface area contributed by atoms with Gasteiger partial charge >= 0.3 is 0 Å². The molecule has 37 heavy (non-hydrogen) atoms. The molecular formula is C25H27F2N7O2S. The molecule has 6 rings (SSSR count). The molecule has 0 aromatic carbocycles. The minimum absolute atomic E-state index is 0.0110. The van der Waals surface area contributed by atoms with Crippen molar-refractivity contribution in [2.24, 2.45) is 11.8 Å². The summed E-state index contributed by atoms with van der Waals surface area (Å²) in [6, 6.07) is 2.79. The molecule has 3 aromatic heterocycles. The van der Waals surface area contributed by atoms with Gasteiger partial charge in [0.1, 0.15) is 17.0 Å². The monoisotopic (exact) mass is 527 g/mol. The second kappa shape index (κ2) is 9.81. The fourth-order valence-corrected chi connectivity index (χ4v) is 5.92. The van der Waals surface area contributed by atoms with Gasteiger partial charge < -0.3 is 16.0 Å². The number of aryl methyl sites for hydroxylation is 1. The number of halogens is 2. The number of nitrogens with zero attached hydrogens (tertiary/aromatic N) is 4. The minimum atomic E-state index is -2.63. The summed E-state index contributed by atoms with van der Waals surface area (Å²) in [6.07, 6.45) is 6.57. The Bertz CT molecular complexity index is 1320. The third-order valence-corrected chi connectivity index (χ3v) is 8.33. The molecule has 0 spiro atoms. The lowest BCUT2D eigenvalue weighted by atomic mass is 9.91. The van der Waals surface area contributed by atoms with Crippen LogP contribution in [0.3, 0.4) is 0 Å². The standard InChI is InChI=1S/C25H27F2N7O2S/c26-21(27)18-7-5-15(11-28-18)31-25-33-30-12-34(25)16-6-8-19-17(9-16)20(23(36)29-10-13-1-2-13)24(37-19)32-22(35)14-3-4-14/h5,7,11-14,16,21H,1-4,6,8-10H2,(H,29,36)(H,31,33)(H,32,35)/t16-/m0/s1. The van der Waals surface area contributed by atoms with Crippen LogP contribution in [0.1, 0.15) is 71.1 Å². The number of aromatic nitrogens is 4. The molecule has 3 aromatic rings. The van der Waals surface area contributed by atoms with E-state index in [-0.39, 0.29) is 29.5 Å². The van der Waals surface area contributed by atoms with E-state index >= 15 is 0 Å². The van der Waals surface area contributed by atoms with E-state index in [4.69, 9.17) is 0 Å². The van der Waals surface area contributed by atoms with Gasteiger partial charge in [-0.2, -0.15) is 0 Å². The number of nitrogens with one attached hydrogen (secondary N) is 3. The summed E-state index contributed by atoms with van der Waals surface area (Å²) >= 11 is 1.50. The Morgan fingerprint density at radius 3 is 2.70 bits per heavy atom. The topological polar surface area (TPSA) is 114 Å². The van der Waals surface area contributed by atoms with Crippen molar-refractivity contribution in [2.75, 3.05) is 17.2 Å². The van der Waals surface area contributed by atoms with Gasteiger partial charge in [0.05, 0.1) is 17.4 Å². The smallest absolute Gasteiger partial charge is 0.280 e. The number of hydrogen-bond donors (Lipinski definition) is 3. The molecule has 0 unspecified atom stereocenters. The lowest BCUT2D eigenvalue weighted by Crippen LogP contribution is -2.28. The fraction of sp³-hybridized carbons (Fsp3) is 0.480. The summed E-state index contributed by atoms with van der Waals surface area (Å²) in [4.78, 5) is 30.8. The molecule has 0 radical (unpaired) electrons. The van der Waals surface area contributed by atoms with Gasteiger partial charge in [0.2, 0.25) is 11.9 Å². The van der Waals surface area contributed by atoms with Gasteiger partial charge in [-0.3, -0.25) is 19.1 Å². The Morgan fingerprint density at radius 2 is 2.00 bits per heavy atom. The van der Waals surface area contributed by atoms with Gasteiger partial charge in [-0.25, -0.2) is 8.78 Å². The Balaban J connectivity index is 1.24. The van der Waals surface area contributed by atoms with Gasteiger partial charge in [0, 0.05) is 23.4 Å². The van der Waals surface area contributed by atoms with Crippen LogP contribution in [-0.4, -0.2) is 38.1 Å². The van der Waals surface area contributed by atoms with Crippen LogP contribution in [0.2, 0.25) is 0 Å². The van der Waals surface area contributed by atoms with E-state index < -0.39 is 6.43 Å². The van der Waals surface area contributed by atoms with E-state index in [1.807, 2.05) is 4.57 Å². The largest absolute Gasteiger partial charge is 0.352 e. The molecule has 3 heterocycles. The number of carbonyl (C=O) groups excluding carboxylic acids is 2. The molecule has 3 N–H and O–H groups in total. The Morgan fingerprint density at radius 1 is 1.16 bits per heavy atom. The highest BCUT2D eigenvalue weighted by molar-refractivity contribution is 7.17. The first-order chi connectivity index (χ1) is 18.0. The predicted molar refractivity (Wildman–Crippen MR) is 134 cm³/mol. The zero-order valence-electron chi connectivity index (χ0n) is 20.0. The molecule has 2 amide bonds. The van der Waals surface area contributed by atoms with Gasteiger partial charge in [0.15, 0.2) is 0 Å². The van der Waals surface area contributed by atoms with Crippen molar-refractivity contribution in [3.05, 3.63) is 46.4 Å². The van der Waals surface area contributed by atoms with Crippen molar-refractivity contribution in [3.8, 4) is 0 Å². The van der Waals surface area contributed by atoms with E-state index in [1.165, 1.54) is 29.7 Å². The van der Waals surface area contributed by atoms with E-state index in [2.05, 4.69) is 31.1 Å². The Kier molecular flexibility index (Phi) is 6.35. The molecule has 2 saturated carbocycles. The summed E-state index contributed by atoms with van der Waals surface area (Å²) < 4.78 is 27.6. The maximum Gasteiger partial charge on any atom is 0.280 e. The third kappa shape index (κ3) is 5.20. The van der Waals surface area contributed by atoms with Crippen molar-refractivity contribution in [3.63, 3.8) is 0 Å². The number of thiophene rings is 1. The van der Waals surface area contributed by atoms with Crippen LogP contribution in [0, 0.1) is 11.8 Å². The molecule has 194 valence electrons. The summed E-state index contributed by atoms with van der Waals surface area (Å²) in [7, 11) is 0. The highest BCUT2D eigenvalue weighted by Gasteiger charge is 2.35. The van der Waals surface area contributed by atoms with E-state index in [0.29, 0.717) is 41.1 Å². The van der Waals surface area contributed by atoms with Gasteiger partial charge in [-0.15, -0.1) is 21.5 Å². The second-order valence-electron chi connectivity index (χ2n) is 9.98. The van der Waals surface area contributed by atoms with Crippen molar-refractivity contribution in [2.45, 2.75) is 57.4 Å². The average molecular weight is 528 g/mol. The molecule has 12 heteroatoms. The number of carbonyl (C=O) groups is 2. The number of fused-ring (bicyclic) bond motifs is 1. The normalized spacial score (nSPS) is 18.9. The number of amides is 2. The maximum atomic E-state index is 13.3. The van der Waals surface area contributed by atoms with Crippen molar-refractivity contribution >= 4 is 39.8 Å². The van der Waals surface area contributed by atoms with Crippen LogP contribution in [0.15, 0.2) is 24.7 Å². The van der Waals surface area contributed by atoms with Crippen molar-refractivity contribution < 1.29 is 18.4 Å². The number of anilines is 3. The highest BCUT2D eigenvalue weighted by atomic mass is 32.1. The first kappa shape index (κ1) is 24.0. The molecule has 0 saturated heterocycles. The van der Waals surface area contributed by atoms with Crippen LogP contribution in [0.4, 0.5) is 25.4 Å². The Hall–Kier alpha value is -3.41. The van der Waals surface area contributed by atoms with Crippen LogP contribution in [0.5, 0.6) is 0 Å². The van der Waals surface area contributed by atoms with Gasteiger partial charge in [0.25, 0.3) is 12.3 Å². The number of hydrogen-bond acceptors (Lipinski definition) is 7. The van der Waals surface area contributed by atoms with Gasteiger partial charge in [-0.1, -0.05) is 0 Å². The first-order valence-corrected chi connectivity index (χ1v) is 13.4. The maximum absolute atomic E-state index is 13.3. The lowest BCUT2D eigenvalue weighted by Gasteiger charge is -2.25. The molecular weight excluding hydrogens is 500 g/mol. The van der Waals surface area contributed by atoms with Crippen LogP contribution in [0.25, 0.3) is 0 Å². The van der Waals surface area contributed by atoms with E-state index in [0.717, 1.165) is 49.0 Å². The SMILES string of the molecule is O=C(NCC1CC1)c1c(NC(=O)C2CC2)sc2c1C[C@@H](n1cnnc1Nc1ccc(C(F)F)nc1)CC2. The molecule has 3 aliphatic carbocycles. The summed E-state index contributed by atoms with van der Waals surface area (Å²) in [5, 5.41) is 18.1. The predicted octanol–water partition coefficient (Wildman–Crippen LogP) is 4.63. The summed E-state index contributed by atoms with van der Waals surface area (Å²) in [6.45, 7) is 0.654. The molecule has 0 aliphatic heterocycles. The third-order valence-electron chi connectivity index (χ3n) is 7.13. The van der Waals surface area contributed by atoms with Crippen LogP contribution in [-0.2, 0) is 17.6 Å². The highest BCUT2D eigenvalue weighted by Crippen LogP contribution is 2.43. The average Bonchev–Trinajstić information content (AvgIpc) is 3.82. The van der Waals surface area contributed by atoms with Crippen molar-refractivity contribution in [1.29, 1.82) is 0 Å². The molecule has 3 aliphatic rings. The van der Waals surface area contributed by atoms with Crippen LogP contribution < -0.4 is 16.0 Å². The Labute approximate surface area is 216 Å². The number of alkyl halides is 2. The second-order valence-corrected chi connectivity index (χ2v) is 11.1. The number of pyridine rings is 1. The van der Waals surface area contributed by atoms with Crippen LogP contribution >= 0.6 is 11.3 Å². The zero-order chi connectivity index (χ0) is 25.5. The van der Waals surface area contributed by atoms with Crippen molar-refractivity contribution in [1.82, 2.24) is 25.1 Å². The summed E-state index contributed by atoms with van der Waals surface area (Å²) in [5.41, 5.74) is 1.77. The molecule has 1 atom stereocenters. The van der Waals surface area contributed by atoms with Gasteiger partial charge in [-0.05, 0) is 68.6 Å². The van der Waals surface area contributed by atoms with E-state index in [9.17, 15) is 18.4 Å². The zero-order valence-corrected chi connectivity index (χ0v) is 20.9. The lowest BCUT2D eigenvalue weighted by molar-refractivity contribution is -0.117. The minimum Gasteiger partial charge on any atom is -0.352 e. The molecule has 0 bridgehead atoms. The summed E-state index contributed by atoms with van der Waals surface area (Å²) in [5.74, 6) is 0.915. The molecule has 2 fully saturated rings. The number of rotatable bonds is 9.